The topological polar surface area (TPSA) is 68.2 Å². The zero-order chi connectivity index (χ0) is 14.1. The van der Waals surface area contributed by atoms with Crippen LogP contribution in [-0.4, -0.2) is 20.5 Å². The number of hydrogen-bond donors (Lipinski definition) is 2. The average molecular weight is 269 g/mol. The van der Waals surface area contributed by atoms with Crippen molar-refractivity contribution in [2.24, 2.45) is 5.73 Å². The zero-order valence-electron chi connectivity index (χ0n) is 11.8. The second kappa shape index (κ2) is 5.09. The van der Waals surface area contributed by atoms with Gasteiger partial charge in [-0.25, -0.2) is 9.97 Å². The Hall–Kier alpha value is -2.14. The minimum atomic E-state index is -0.0640. The highest BCUT2D eigenvalue weighted by Crippen LogP contribution is 2.19. The Balaban J connectivity index is 2.06. The molecule has 3 aromatic heterocycles. The fourth-order valence-corrected chi connectivity index (χ4v) is 2.39. The Morgan fingerprint density at radius 3 is 2.90 bits per heavy atom. The maximum absolute atomic E-state index is 6.00. The minimum Gasteiger partial charge on any atom is -0.355 e. The molecule has 0 aromatic carbocycles. The summed E-state index contributed by atoms with van der Waals surface area (Å²) in [6.07, 6.45) is 3.89. The number of aromatic nitrogens is 3. The molecule has 0 spiro atoms. The fraction of sp³-hybridized carbons (Fsp3) is 0.333. The van der Waals surface area contributed by atoms with E-state index in [0.29, 0.717) is 0 Å². The van der Waals surface area contributed by atoms with Crippen molar-refractivity contribution in [3.8, 4) is 0 Å². The van der Waals surface area contributed by atoms with Crippen LogP contribution in [0.25, 0.3) is 16.8 Å². The molecule has 3 N–H and O–H groups in total. The summed E-state index contributed by atoms with van der Waals surface area (Å²) < 4.78 is 2.02. The zero-order valence-corrected chi connectivity index (χ0v) is 11.8. The Labute approximate surface area is 117 Å². The van der Waals surface area contributed by atoms with E-state index in [4.69, 9.17) is 5.73 Å². The van der Waals surface area contributed by atoms with Crippen molar-refractivity contribution in [1.29, 1.82) is 0 Å². The lowest BCUT2D eigenvalue weighted by molar-refractivity contribution is 0.663. The third kappa shape index (κ3) is 2.20. The molecule has 0 radical (unpaired) electrons. The first kappa shape index (κ1) is 12.9. The molecule has 0 saturated carbocycles. The van der Waals surface area contributed by atoms with Crippen molar-refractivity contribution < 1.29 is 0 Å². The van der Waals surface area contributed by atoms with Gasteiger partial charge in [-0.3, -0.25) is 4.40 Å². The maximum Gasteiger partial charge on any atom is 0.166 e. The monoisotopic (exact) mass is 269 g/mol. The molecule has 0 aliphatic carbocycles. The van der Waals surface area contributed by atoms with Crippen LogP contribution in [0.4, 0.5) is 5.82 Å². The lowest BCUT2D eigenvalue weighted by atomic mass is 10.3. The predicted octanol–water partition coefficient (Wildman–Crippen LogP) is 2.69. The van der Waals surface area contributed by atoms with Crippen molar-refractivity contribution in [2.45, 2.75) is 32.9 Å². The number of aryl methyl sites for hydroxylation is 1. The van der Waals surface area contributed by atoms with Crippen LogP contribution in [0.3, 0.4) is 0 Å². The second-order valence-corrected chi connectivity index (χ2v) is 5.08. The molecule has 0 fully saturated rings. The molecule has 0 amide bonds. The summed E-state index contributed by atoms with van der Waals surface area (Å²) in [6, 6.07) is 7.97. The molecule has 3 heterocycles. The normalized spacial score (nSPS) is 12.9. The Bertz CT molecular complexity index is 746. The predicted molar refractivity (Wildman–Crippen MR) is 81.7 cm³/mol. The molecular weight excluding hydrogens is 250 g/mol. The lowest BCUT2D eigenvalue weighted by Gasteiger charge is -2.13. The summed E-state index contributed by atoms with van der Waals surface area (Å²) in [5.41, 5.74) is 9.85. The quantitative estimate of drug-likeness (QED) is 0.715. The summed E-state index contributed by atoms with van der Waals surface area (Å²) in [7, 11) is 0. The molecule has 104 valence electrons. The molecule has 3 aromatic rings. The number of hydrogen-bond acceptors (Lipinski definition) is 4. The number of rotatable bonds is 4. The van der Waals surface area contributed by atoms with Crippen LogP contribution in [0.15, 0.2) is 30.5 Å². The molecule has 5 nitrogen and oxygen atoms in total. The van der Waals surface area contributed by atoms with Gasteiger partial charge in [0, 0.05) is 6.20 Å². The van der Waals surface area contributed by atoms with Crippen LogP contribution in [0, 0.1) is 6.92 Å². The number of nitrogens with two attached hydrogens (primary N) is 1. The molecule has 0 bridgehead atoms. The number of nitrogens with one attached hydrogen (secondary N) is 1. The van der Waals surface area contributed by atoms with E-state index in [1.165, 1.54) is 0 Å². The number of imidazole rings is 1. The van der Waals surface area contributed by atoms with Crippen LogP contribution in [0.5, 0.6) is 0 Å². The van der Waals surface area contributed by atoms with Gasteiger partial charge >= 0.3 is 0 Å². The van der Waals surface area contributed by atoms with Gasteiger partial charge in [0.2, 0.25) is 0 Å². The Morgan fingerprint density at radius 2 is 2.10 bits per heavy atom. The van der Waals surface area contributed by atoms with Gasteiger partial charge in [0.15, 0.2) is 5.65 Å². The molecule has 5 heteroatoms. The first-order valence-electron chi connectivity index (χ1n) is 6.95. The number of pyridine rings is 2. The van der Waals surface area contributed by atoms with Gasteiger partial charge in [-0.15, -0.1) is 0 Å². The van der Waals surface area contributed by atoms with Crippen molar-refractivity contribution in [1.82, 2.24) is 14.4 Å². The molecule has 1 unspecified atom stereocenters. The molecule has 3 rings (SSSR count). The maximum atomic E-state index is 6.00. The van der Waals surface area contributed by atoms with Crippen LogP contribution < -0.4 is 11.1 Å². The molecule has 0 saturated heterocycles. The third-order valence-electron chi connectivity index (χ3n) is 3.40. The molecule has 0 aliphatic heterocycles. The van der Waals surface area contributed by atoms with Gasteiger partial charge < -0.3 is 11.1 Å². The van der Waals surface area contributed by atoms with Crippen LogP contribution in [0.1, 0.15) is 25.3 Å². The van der Waals surface area contributed by atoms with E-state index in [1.54, 1.807) is 0 Å². The smallest absolute Gasteiger partial charge is 0.166 e. The number of anilines is 1. The number of fused-ring (bicyclic) bond motifs is 3. The highest BCUT2D eigenvalue weighted by atomic mass is 15.1. The van der Waals surface area contributed by atoms with Crippen molar-refractivity contribution in [3.63, 3.8) is 0 Å². The summed E-state index contributed by atoms with van der Waals surface area (Å²) in [6.45, 7) is 4.17. The van der Waals surface area contributed by atoms with E-state index in [0.717, 1.165) is 41.0 Å². The van der Waals surface area contributed by atoms with E-state index in [1.807, 2.05) is 28.8 Å². The van der Waals surface area contributed by atoms with Gasteiger partial charge in [-0.2, -0.15) is 0 Å². The first-order chi connectivity index (χ1) is 9.69. The van der Waals surface area contributed by atoms with Crippen LogP contribution in [0.2, 0.25) is 0 Å². The average Bonchev–Trinajstić information content (AvgIpc) is 2.79. The van der Waals surface area contributed by atoms with Crippen LogP contribution in [-0.2, 0) is 0 Å². The van der Waals surface area contributed by atoms with E-state index in [9.17, 15) is 0 Å². The summed E-state index contributed by atoms with van der Waals surface area (Å²) in [5, 5.41) is 3.23. The van der Waals surface area contributed by atoms with E-state index < -0.39 is 0 Å². The SMILES string of the molecule is CCCC(N)Nc1ccc2nc3c(C)cccn3c2n1. The van der Waals surface area contributed by atoms with Crippen LogP contribution >= 0.6 is 0 Å². The van der Waals surface area contributed by atoms with E-state index >= 15 is 0 Å². The molecule has 1 atom stereocenters. The van der Waals surface area contributed by atoms with Crippen molar-refractivity contribution in [2.75, 3.05) is 5.32 Å². The van der Waals surface area contributed by atoms with Gasteiger partial charge in [0.1, 0.15) is 17.0 Å². The van der Waals surface area contributed by atoms with Crippen molar-refractivity contribution >= 4 is 22.6 Å². The summed E-state index contributed by atoms with van der Waals surface area (Å²) >= 11 is 0. The summed E-state index contributed by atoms with van der Waals surface area (Å²) in [4.78, 5) is 9.25. The summed E-state index contributed by atoms with van der Waals surface area (Å²) in [5.74, 6) is 0.793. The molecule has 20 heavy (non-hydrogen) atoms. The molecule has 0 aliphatic rings. The first-order valence-corrected chi connectivity index (χ1v) is 6.95. The highest BCUT2D eigenvalue weighted by molar-refractivity contribution is 5.79. The van der Waals surface area contributed by atoms with E-state index in [2.05, 4.69) is 35.2 Å². The Morgan fingerprint density at radius 1 is 1.25 bits per heavy atom. The standard InChI is InChI=1S/C15H19N5/c1-3-5-12(16)18-13-8-7-11-15(19-13)20-9-4-6-10(2)14(20)17-11/h4,6-9,12H,3,5,16H2,1-2H3,(H,18,19). The Kier molecular flexibility index (Phi) is 3.28. The lowest BCUT2D eigenvalue weighted by Crippen LogP contribution is -2.29. The van der Waals surface area contributed by atoms with Gasteiger partial charge in [0.05, 0.1) is 6.17 Å². The van der Waals surface area contributed by atoms with Gasteiger partial charge in [-0.1, -0.05) is 19.4 Å². The largest absolute Gasteiger partial charge is 0.355 e. The second-order valence-electron chi connectivity index (χ2n) is 5.08. The highest BCUT2D eigenvalue weighted by Gasteiger charge is 2.09. The molecular formula is C15H19N5. The van der Waals surface area contributed by atoms with Gasteiger partial charge in [0.25, 0.3) is 0 Å². The number of nitrogens with zero attached hydrogens (tertiary/aromatic N) is 3. The fourth-order valence-electron chi connectivity index (χ4n) is 2.39. The van der Waals surface area contributed by atoms with Crippen molar-refractivity contribution in [3.05, 3.63) is 36.0 Å². The van der Waals surface area contributed by atoms with Gasteiger partial charge in [-0.05, 0) is 37.1 Å². The minimum absolute atomic E-state index is 0.0640. The third-order valence-corrected chi connectivity index (χ3v) is 3.40. The van der Waals surface area contributed by atoms with E-state index in [-0.39, 0.29) is 6.17 Å².